The molecule has 4 aliphatic heterocycles. The number of morpholine rings is 1. The Morgan fingerprint density at radius 2 is 1.77 bits per heavy atom. The van der Waals surface area contributed by atoms with E-state index in [1.54, 1.807) is 6.26 Å². The lowest BCUT2D eigenvalue weighted by Gasteiger charge is -2.37. The van der Waals surface area contributed by atoms with Crippen LogP contribution in [0, 0.1) is 5.41 Å². The Bertz CT molecular complexity index is 697. The molecule has 0 bridgehead atoms. The molecule has 1 aromatic heterocycles. The number of carbonyl (C=O) groups excluding carboxylic acids is 1. The maximum Gasteiger partial charge on any atom is 0.230 e. The zero-order valence-electron chi connectivity index (χ0n) is 18.1. The van der Waals surface area contributed by atoms with Gasteiger partial charge in [-0.1, -0.05) is 0 Å². The summed E-state index contributed by atoms with van der Waals surface area (Å²) in [5.74, 6) is 1.48. The minimum atomic E-state index is -0.101. The summed E-state index contributed by atoms with van der Waals surface area (Å²) in [5.41, 5.74) is -0.101. The van der Waals surface area contributed by atoms with Crippen LogP contribution in [0.4, 0.5) is 0 Å². The quantitative estimate of drug-likeness (QED) is 0.701. The molecule has 1 atom stereocenters. The largest absolute Gasteiger partial charge is 0.468 e. The van der Waals surface area contributed by atoms with Crippen LogP contribution < -0.4 is 0 Å². The van der Waals surface area contributed by atoms with E-state index in [4.69, 9.17) is 9.15 Å². The van der Waals surface area contributed by atoms with Gasteiger partial charge in [0.25, 0.3) is 0 Å². The maximum atomic E-state index is 13.3. The molecule has 0 radical (unpaired) electrons. The highest BCUT2D eigenvalue weighted by Crippen LogP contribution is 2.42. The second kappa shape index (κ2) is 8.99. The van der Waals surface area contributed by atoms with Gasteiger partial charge in [0.2, 0.25) is 5.91 Å². The summed E-state index contributed by atoms with van der Waals surface area (Å²) in [6.45, 7) is 11.7. The first-order valence-electron chi connectivity index (χ1n) is 11.8. The summed E-state index contributed by atoms with van der Waals surface area (Å²) in [5, 5.41) is 0. The van der Waals surface area contributed by atoms with Crippen LogP contribution >= 0.6 is 0 Å². The van der Waals surface area contributed by atoms with E-state index in [-0.39, 0.29) is 5.41 Å². The molecule has 4 aliphatic rings. The van der Waals surface area contributed by atoms with Gasteiger partial charge in [-0.3, -0.25) is 19.5 Å². The zero-order valence-corrected chi connectivity index (χ0v) is 18.1. The first-order chi connectivity index (χ1) is 14.7. The van der Waals surface area contributed by atoms with Crippen molar-refractivity contribution in [3.05, 3.63) is 24.2 Å². The van der Waals surface area contributed by atoms with Crippen molar-refractivity contribution in [1.29, 1.82) is 0 Å². The predicted molar refractivity (Wildman–Crippen MR) is 114 cm³/mol. The number of hydrogen-bond acceptors (Lipinski definition) is 6. The van der Waals surface area contributed by atoms with Crippen molar-refractivity contribution < 1.29 is 13.9 Å². The molecule has 0 N–H and O–H groups in total. The third-order valence-electron chi connectivity index (χ3n) is 7.81. The molecule has 7 heteroatoms. The van der Waals surface area contributed by atoms with Gasteiger partial charge in [-0.25, -0.2) is 0 Å². The first-order valence-corrected chi connectivity index (χ1v) is 11.8. The third kappa shape index (κ3) is 4.31. The second-order valence-corrected chi connectivity index (χ2v) is 9.58. The monoisotopic (exact) mass is 416 g/mol. The topological polar surface area (TPSA) is 52.4 Å². The number of piperidine rings is 1. The molecule has 30 heavy (non-hydrogen) atoms. The number of ether oxygens (including phenoxy) is 1. The van der Waals surface area contributed by atoms with E-state index in [1.165, 1.54) is 12.8 Å². The fraction of sp³-hybridized carbons (Fsp3) is 0.783. The van der Waals surface area contributed by atoms with Crippen LogP contribution in [-0.4, -0.2) is 104 Å². The van der Waals surface area contributed by atoms with E-state index in [1.807, 2.05) is 6.07 Å². The molecule has 5 heterocycles. The minimum Gasteiger partial charge on any atom is -0.468 e. The minimum absolute atomic E-state index is 0.101. The van der Waals surface area contributed by atoms with Gasteiger partial charge in [0.1, 0.15) is 5.76 Å². The summed E-state index contributed by atoms with van der Waals surface area (Å²) < 4.78 is 10.9. The number of amides is 1. The molecule has 7 nitrogen and oxygen atoms in total. The van der Waals surface area contributed by atoms with Crippen LogP contribution in [0.25, 0.3) is 0 Å². The van der Waals surface area contributed by atoms with E-state index < -0.39 is 0 Å². The Morgan fingerprint density at radius 1 is 0.967 bits per heavy atom. The number of hydrogen-bond donors (Lipinski definition) is 0. The van der Waals surface area contributed by atoms with Gasteiger partial charge in [-0.2, -0.15) is 0 Å². The zero-order chi connectivity index (χ0) is 20.4. The van der Waals surface area contributed by atoms with Crippen LogP contribution in [0.2, 0.25) is 0 Å². The van der Waals surface area contributed by atoms with Gasteiger partial charge in [-0.15, -0.1) is 0 Å². The van der Waals surface area contributed by atoms with Crippen molar-refractivity contribution >= 4 is 5.91 Å². The molecule has 0 saturated carbocycles. The average molecular weight is 417 g/mol. The van der Waals surface area contributed by atoms with E-state index >= 15 is 0 Å². The molecule has 1 unspecified atom stereocenters. The average Bonchev–Trinajstić information content (AvgIpc) is 3.51. The SMILES string of the molecule is O=C1N(CCN2CCOCC2)CCC12CCN(C1CCN(Cc3ccco3)CC1)C2. The van der Waals surface area contributed by atoms with Gasteiger partial charge in [0.15, 0.2) is 0 Å². The summed E-state index contributed by atoms with van der Waals surface area (Å²) in [7, 11) is 0. The van der Waals surface area contributed by atoms with Gasteiger partial charge in [0, 0.05) is 58.4 Å². The highest BCUT2D eigenvalue weighted by Gasteiger charge is 2.51. The van der Waals surface area contributed by atoms with Gasteiger partial charge in [-0.05, 0) is 44.4 Å². The van der Waals surface area contributed by atoms with Crippen LogP contribution in [0.5, 0.6) is 0 Å². The molecule has 0 aromatic carbocycles. The lowest BCUT2D eigenvalue weighted by molar-refractivity contribution is -0.135. The molecular formula is C23H36N4O3. The number of carbonyl (C=O) groups is 1. The number of rotatable bonds is 6. The number of nitrogens with zero attached hydrogens (tertiary/aromatic N) is 4. The maximum absolute atomic E-state index is 13.3. The summed E-state index contributed by atoms with van der Waals surface area (Å²) in [6, 6.07) is 4.66. The lowest BCUT2D eigenvalue weighted by atomic mass is 9.85. The Morgan fingerprint density at radius 3 is 2.53 bits per heavy atom. The fourth-order valence-corrected chi connectivity index (χ4v) is 5.85. The Kier molecular flexibility index (Phi) is 6.14. The van der Waals surface area contributed by atoms with Crippen molar-refractivity contribution in [3.63, 3.8) is 0 Å². The molecular weight excluding hydrogens is 380 g/mol. The molecule has 1 spiro atoms. The van der Waals surface area contributed by atoms with Crippen LogP contribution in [-0.2, 0) is 16.1 Å². The van der Waals surface area contributed by atoms with Crippen molar-refractivity contribution in [2.45, 2.75) is 38.3 Å². The molecule has 1 aromatic rings. The molecule has 5 rings (SSSR count). The van der Waals surface area contributed by atoms with E-state index in [0.717, 1.165) is 97.3 Å². The van der Waals surface area contributed by atoms with Crippen molar-refractivity contribution in [3.8, 4) is 0 Å². The third-order valence-corrected chi connectivity index (χ3v) is 7.81. The smallest absolute Gasteiger partial charge is 0.230 e. The van der Waals surface area contributed by atoms with Crippen LogP contribution in [0.15, 0.2) is 22.8 Å². The highest BCUT2D eigenvalue weighted by molar-refractivity contribution is 5.85. The Labute approximate surface area is 179 Å². The molecule has 4 fully saturated rings. The lowest BCUT2D eigenvalue weighted by Crippen LogP contribution is -2.46. The number of furan rings is 1. The summed E-state index contributed by atoms with van der Waals surface area (Å²) in [4.78, 5) is 23.0. The van der Waals surface area contributed by atoms with Crippen LogP contribution in [0.3, 0.4) is 0 Å². The summed E-state index contributed by atoms with van der Waals surface area (Å²) in [6.07, 6.45) is 6.25. The van der Waals surface area contributed by atoms with E-state index in [0.29, 0.717) is 11.9 Å². The van der Waals surface area contributed by atoms with E-state index in [9.17, 15) is 4.79 Å². The standard InChI is InChI=1S/C23H36N4O3/c28-22-23(5-9-26(22)12-11-24-13-16-29-17-14-24)6-10-27(19-23)20-3-7-25(8-4-20)18-21-2-1-15-30-21/h1-2,15,20H,3-14,16-19H2. The molecule has 1 amide bonds. The van der Waals surface area contributed by atoms with Crippen molar-refractivity contribution in [2.75, 3.05) is 72.1 Å². The van der Waals surface area contributed by atoms with Crippen molar-refractivity contribution in [2.24, 2.45) is 5.41 Å². The Balaban J connectivity index is 1.09. The van der Waals surface area contributed by atoms with Crippen molar-refractivity contribution in [1.82, 2.24) is 19.6 Å². The Hall–Kier alpha value is -1.41. The normalized spacial score (nSPS) is 30.1. The molecule has 0 aliphatic carbocycles. The summed E-state index contributed by atoms with van der Waals surface area (Å²) >= 11 is 0. The van der Waals surface area contributed by atoms with Gasteiger partial charge in [0.05, 0.1) is 31.4 Å². The molecule has 166 valence electrons. The van der Waals surface area contributed by atoms with E-state index in [2.05, 4.69) is 25.7 Å². The number of likely N-dealkylation sites (tertiary alicyclic amines) is 3. The first kappa shape index (κ1) is 20.5. The molecule has 4 saturated heterocycles. The van der Waals surface area contributed by atoms with Gasteiger partial charge < -0.3 is 14.1 Å². The second-order valence-electron chi connectivity index (χ2n) is 9.58. The van der Waals surface area contributed by atoms with Crippen LogP contribution in [0.1, 0.15) is 31.4 Å². The highest BCUT2D eigenvalue weighted by atomic mass is 16.5. The predicted octanol–water partition coefficient (Wildman–Crippen LogP) is 1.50. The van der Waals surface area contributed by atoms with Gasteiger partial charge >= 0.3 is 0 Å². The fourth-order valence-electron chi connectivity index (χ4n) is 5.85.